The molecule has 0 amide bonds. The molecule has 1 aromatic carbocycles. The molecule has 4 nitrogen and oxygen atoms in total. The maximum atomic E-state index is 5.72. The molecule has 2 rings (SSSR count). The first-order chi connectivity index (χ1) is 12.3. The van der Waals surface area contributed by atoms with E-state index in [2.05, 4.69) is 64.0 Å². The summed E-state index contributed by atoms with van der Waals surface area (Å²) >= 11 is 1.81. The van der Waals surface area contributed by atoms with Crippen LogP contribution in [0.1, 0.15) is 16.9 Å². The van der Waals surface area contributed by atoms with Crippen LogP contribution in [-0.4, -0.2) is 51.3 Å². The molecule has 5 heteroatoms. The first-order valence-electron chi connectivity index (χ1n) is 8.85. The lowest BCUT2D eigenvalue weighted by Crippen LogP contribution is -2.40. The quantitative estimate of drug-likeness (QED) is 0.401. The van der Waals surface area contributed by atoms with Crippen molar-refractivity contribution in [2.45, 2.75) is 19.3 Å². The highest BCUT2D eigenvalue weighted by atomic mass is 32.1. The number of thiophene rings is 1. The summed E-state index contributed by atoms with van der Waals surface area (Å²) in [4.78, 5) is 7.94. The average Bonchev–Trinajstić information content (AvgIpc) is 3.16. The van der Waals surface area contributed by atoms with Gasteiger partial charge in [-0.05, 0) is 36.3 Å². The molecule has 25 heavy (non-hydrogen) atoms. The molecule has 0 bridgehead atoms. The molecule has 0 radical (unpaired) electrons. The van der Waals surface area contributed by atoms with Gasteiger partial charge < -0.3 is 15.0 Å². The van der Waals surface area contributed by atoms with Gasteiger partial charge in [0.2, 0.25) is 0 Å². The minimum atomic E-state index is 0.774. The van der Waals surface area contributed by atoms with Crippen molar-refractivity contribution in [2.24, 2.45) is 4.99 Å². The van der Waals surface area contributed by atoms with E-state index in [1.54, 1.807) is 0 Å². The van der Waals surface area contributed by atoms with Crippen LogP contribution in [0.25, 0.3) is 0 Å². The number of aliphatic imine (C=N–C) groups is 1. The number of nitrogens with one attached hydrogen (secondary N) is 1. The van der Waals surface area contributed by atoms with Crippen LogP contribution in [0.4, 0.5) is 0 Å². The first-order valence-corrected chi connectivity index (χ1v) is 9.73. The van der Waals surface area contributed by atoms with Gasteiger partial charge in [-0.3, -0.25) is 4.99 Å². The van der Waals surface area contributed by atoms with Crippen LogP contribution in [0.2, 0.25) is 0 Å². The van der Waals surface area contributed by atoms with Gasteiger partial charge in [-0.2, -0.15) is 0 Å². The Labute approximate surface area is 155 Å². The van der Waals surface area contributed by atoms with E-state index in [1.165, 1.54) is 10.4 Å². The van der Waals surface area contributed by atoms with Crippen molar-refractivity contribution in [3.05, 3.63) is 58.3 Å². The van der Waals surface area contributed by atoms with Crippen LogP contribution < -0.4 is 5.32 Å². The van der Waals surface area contributed by atoms with Crippen molar-refractivity contribution in [2.75, 3.05) is 40.4 Å². The topological polar surface area (TPSA) is 36.9 Å². The Morgan fingerprint density at radius 1 is 1.12 bits per heavy atom. The SMILES string of the molecule is CN=C(NCCCOCCc1ccccc1)N(C)CCc1cccs1. The lowest BCUT2D eigenvalue weighted by molar-refractivity contribution is 0.135. The number of hydrogen-bond acceptors (Lipinski definition) is 3. The Kier molecular flexibility index (Phi) is 9.08. The molecule has 1 N–H and O–H groups in total. The predicted molar refractivity (Wildman–Crippen MR) is 108 cm³/mol. The number of ether oxygens (including phenoxy) is 1. The summed E-state index contributed by atoms with van der Waals surface area (Å²) < 4.78 is 5.72. The van der Waals surface area contributed by atoms with Crippen LogP contribution >= 0.6 is 11.3 Å². The smallest absolute Gasteiger partial charge is 0.193 e. The summed E-state index contributed by atoms with van der Waals surface area (Å²) in [6.07, 6.45) is 3.01. The van der Waals surface area contributed by atoms with Crippen molar-refractivity contribution in [3.8, 4) is 0 Å². The molecule has 0 saturated heterocycles. The fourth-order valence-corrected chi connectivity index (χ4v) is 3.23. The Bertz CT molecular complexity index is 599. The van der Waals surface area contributed by atoms with Gasteiger partial charge in [-0.1, -0.05) is 36.4 Å². The standard InChI is InChI=1S/C20H29N3OS/c1-21-20(23(2)14-11-19-10-6-17-25-19)22-13-7-15-24-16-12-18-8-4-3-5-9-18/h3-6,8-10,17H,7,11-16H2,1-2H3,(H,21,22). The van der Waals surface area contributed by atoms with Crippen LogP contribution in [0.3, 0.4) is 0 Å². The highest BCUT2D eigenvalue weighted by molar-refractivity contribution is 7.09. The van der Waals surface area contributed by atoms with E-state index in [9.17, 15) is 0 Å². The third kappa shape index (κ3) is 7.71. The molecular weight excluding hydrogens is 330 g/mol. The van der Waals surface area contributed by atoms with Crippen LogP contribution in [0, 0.1) is 0 Å². The highest BCUT2D eigenvalue weighted by Crippen LogP contribution is 2.09. The molecular formula is C20H29N3OS. The van der Waals surface area contributed by atoms with Crippen molar-refractivity contribution >= 4 is 17.3 Å². The van der Waals surface area contributed by atoms with Gasteiger partial charge in [-0.25, -0.2) is 0 Å². The number of nitrogens with zero attached hydrogens (tertiary/aromatic N) is 2. The fraction of sp³-hybridized carbons (Fsp3) is 0.450. The second-order valence-electron chi connectivity index (χ2n) is 5.93. The van der Waals surface area contributed by atoms with Crippen molar-refractivity contribution in [1.29, 1.82) is 0 Å². The molecule has 0 unspecified atom stereocenters. The van der Waals surface area contributed by atoms with Gasteiger partial charge in [0.15, 0.2) is 5.96 Å². The number of benzene rings is 1. The number of rotatable bonds is 10. The lowest BCUT2D eigenvalue weighted by atomic mass is 10.2. The molecule has 0 saturated carbocycles. The van der Waals surface area contributed by atoms with E-state index in [4.69, 9.17) is 4.74 Å². The van der Waals surface area contributed by atoms with Crippen molar-refractivity contribution in [3.63, 3.8) is 0 Å². The predicted octanol–water partition coefficient (Wildman–Crippen LogP) is 3.45. The lowest BCUT2D eigenvalue weighted by Gasteiger charge is -2.21. The minimum Gasteiger partial charge on any atom is -0.381 e. The van der Waals surface area contributed by atoms with Crippen molar-refractivity contribution in [1.82, 2.24) is 10.2 Å². The summed E-state index contributed by atoms with van der Waals surface area (Å²) in [5.41, 5.74) is 1.33. The van der Waals surface area contributed by atoms with Crippen LogP contribution in [-0.2, 0) is 17.6 Å². The maximum absolute atomic E-state index is 5.72. The van der Waals surface area contributed by atoms with Gasteiger partial charge in [0, 0.05) is 38.7 Å². The van der Waals surface area contributed by atoms with Gasteiger partial charge in [0.1, 0.15) is 0 Å². The molecule has 0 aliphatic carbocycles. The summed E-state index contributed by atoms with van der Waals surface area (Å²) in [5.74, 6) is 0.945. The Morgan fingerprint density at radius 2 is 1.96 bits per heavy atom. The van der Waals surface area contributed by atoms with E-state index in [-0.39, 0.29) is 0 Å². The third-order valence-corrected chi connectivity index (χ3v) is 4.91. The normalized spacial score (nSPS) is 11.5. The molecule has 2 aromatic rings. The monoisotopic (exact) mass is 359 g/mol. The minimum absolute atomic E-state index is 0.774. The summed E-state index contributed by atoms with van der Waals surface area (Å²) in [6.45, 7) is 3.39. The van der Waals surface area contributed by atoms with Gasteiger partial charge in [0.05, 0.1) is 6.61 Å². The summed E-state index contributed by atoms with van der Waals surface area (Å²) in [5, 5.41) is 5.53. The maximum Gasteiger partial charge on any atom is 0.193 e. The molecule has 0 atom stereocenters. The summed E-state index contributed by atoms with van der Waals surface area (Å²) in [7, 11) is 3.92. The fourth-order valence-electron chi connectivity index (χ4n) is 2.53. The third-order valence-electron chi connectivity index (χ3n) is 3.97. The molecule has 0 aliphatic rings. The van der Waals surface area contributed by atoms with Crippen LogP contribution in [0.5, 0.6) is 0 Å². The highest BCUT2D eigenvalue weighted by Gasteiger charge is 2.05. The molecule has 136 valence electrons. The second kappa shape index (κ2) is 11.7. The number of likely N-dealkylation sites (N-methyl/N-ethyl adjacent to an activating group) is 1. The zero-order valence-electron chi connectivity index (χ0n) is 15.3. The van der Waals surface area contributed by atoms with Crippen molar-refractivity contribution < 1.29 is 4.74 Å². The summed E-state index contributed by atoms with van der Waals surface area (Å²) in [6, 6.07) is 14.7. The molecule has 0 aliphatic heterocycles. The van der Waals surface area contributed by atoms with Gasteiger partial charge in [0.25, 0.3) is 0 Å². The van der Waals surface area contributed by atoms with Gasteiger partial charge in [-0.15, -0.1) is 11.3 Å². The molecule has 1 aromatic heterocycles. The average molecular weight is 360 g/mol. The molecule has 0 fully saturated rings. The molecule has 1 heterocycles. The van der Waals surface area contributed by atoms with E-state index < -0.39 is 0 Å². The Balaban J connectivity index is 1.53. The Morgan fingerprint density at radius 3 is 2.68 bits per heavy atom. The van der Waals surface area contributed by atoms with E-state index >= 15 is 0 Å². The largest absolute Gasteiger partial charge is 0.381 e. The number of guanidine groups is 1. The zero-order chi connectivity index (χ0) is 17.7. The zero-order valence-corrected chi connectivity index (χ0v) is 16.1. The first kappa shape index (κ1) is 19.5. The second-order valence-corrected chi connectivity index (χ2v) is 6.96. The van der Waals surface area contributed by atoms with E-state index in [0.29, 0.717) is 0 Å². The van der Waals surface area contributed by atoms with Gasteiger partial charge >= 0.3 is 0 Å². The number of hydrogen-bond donors (Lipinski definition) is 1. The molecule has 0 spiro atoms. The van der Waals surface area contributed by atoms with E-state index in [0.717, 1.165) is 51.5 Å². The van der Waals surface area contributed by atoms with Crippen LogP contribution in [0.15, 0.2) is 52.8 Å². The van der Waals surface area contributed by atoms with E-state index in [1.807, 2.05) is 24.5 Å². The Hall–Kier alpha value is -1.85.